The number of aromatic nitrogens is 5. The normalized spacial score (nSPS) is 13.6. The minimum atomic E-state index is -0.488. The molecule has 1 amide bonds. The molecule has 45 heavy (non-hydrogen) atoms. The topological polar surface area (TPSA) is 147 Å². The standard InChI is InChI=1S/C33H35N9O3/c1-22-29(33(45)42(39(22)2)25-7-4-3-5-8-25)32(44)36-24-13-11-23(12-14-24)30-31(34)35-21-27(38-30)26-9-6-10-28(37-26)41-17-15-40(16-18-41)19-20-43/h3-14,21,43H,15-20H2,1-2H3,(H2,34,35)(H,36,44). The number of nitrogens with zero attached hydrogens (tertiary/aromatic N) is 7. The van der Waals surface area contributed by atoms with Gasteiger partial charge in [0.1, 0.15) is 28.6 Å². The van der Waals surface area contributed by atoms with Crippen molar-refractivity contribution in [1.29, 1.82) is 0 Å². The molecule has 230 valence electrons. The SMILES string of the molecule is Cc1c(C(=O)Nc2ccc(-c3nc(-c4cccc(N5CCN(CCO)CC5)n4)cnc3N)cc2)c(=O)n(-c2ccccc2)n1C. The number of carbonyl (C=O) groups excluding carboxylic acids is 1. The van der Waals surface area contributed by atoms with E-state index >= 15 is 0 Å². The van der Waals surface area contributed by atoms with Gasteiger partial charge < -0.3 is 21.1 Å². The summed E-state index contributed by atoms with van der Waals surface area (Å²) in [7, 11) is 1.75. The van der Waals surface area contributed by atoms with Crippen LogP contribution in [0.3, 0.4) is 0 Å². The number of benzene rings is 2. The number of amides is 1. The molecule has 0 saturated carbocycles. The second kappa shape index (κ2) is 12.7. The van der Waals surface area contributed by atoms with Crippen LogP contribution in [0.1, 0.15) is 16.1 Å². The summed E-state index contributed by atoms with van der Waals surface area (Å²) in [4.78, 5) is 45.0. The van der Waals surface area contributed by atoms with Crippen LogP contribution in [-0.4, -0.2) is 79.6 Å². The number of hydrogen-bond acceptors (Lipinski definition) is 9. The molecule has 0 radical (unpaired) electrons. The van der Waals surface area contributed by atoms with Gasteiger partial charge in [-0.25, -0.2) is 19.6 Å². The molecule has 1 saturated heterocycles. The van der Waals surface area contributed by atoms with E-state index < -0.39 is 11.5 Å². The van der Waals surface area contributed by atoms with Crippen LogP contribution in [0, 0.1) is 6.92 Å². The Morgan fingerprint density at radius 3 is 2.38 bits per heavy atom. The lowest BCUT2D eigenvalue weighted by molar-refractivity contribution is 0.102. The van der Waals surface area contributed by atoms with Crippen LogP contribution in [0.25, 0.3) is 28.3 Å². The minimum absolute atomic E-state index is 0.0787. The van der Waals surface area contributed by atoms with Crippen LogP contribution in [-0.2, 0) is 7.05 Å². The Bertz CT molecular complexity index is 1880. The van der Waals surface area contributed by atoms with E-state index in [1.54, 1.807) is 49.1 Å². The Hall–Kier alpha value is -5.33. The largest absolute Gasteiger partial charge is 0.395 e. The van der Waals surface area contributed by atoms with Crippen LogP contribution in [0.2, 0.25) is 0 Å². The van der Waals surface area contributed by atoms with E-state index in [9.17, 15) is 14.7 Å². The fourth-order valence-electron chi connectivity index (χ4n) is 5.55. The monoisotopic (exact) mass is 605 g/mol. The first-order chi connectivity index (χ1) is 21.8. The molecule has 0 bridgehead atoms. The predicted molar refractivity (Wildman–Crippen MR) is 175 cm³/mol. The number of piperazine rings is 1. The van der Waals surface area contributed by atoms with Gasteiger partial charge in [0.15, 0.2) is 0 Å². The summed E-state index contributed by atoms with van der Waals surface area (Å²) in [6.45, 7) is 5.97. The van der Waals surface area contributed by atoms with E-state index in [1.807, 2.05) is 48.5 Å². The van der Waals surface area contributed by atoms with E-state index in [0.717, 1.165) is 37.6 Å². The quantitative estimate of drug-likeness (QED) is 0.243. The van der Waals surface area contributed by atoms with Crippen molar-refractivity contribution < 1.29 is 9.90 Å². The number of pyridine rings is 1. The van der Waals surface area contributed by atoms with Gasteiger partial charge in [0.2, 0.25) is 0 Å². The van der Waals surface area contributed by atoms with E-state index in [-0.39, 0.29) is 18.0 Å². The molecule has 1 aliphatic rings. The summed E-state index contributed by atoms with van der Waals surface area (Å²) in [5.74, 6) is 0.645. The number of para-hydroxylation sites is 1. The van der Waals surface area contributed by atoms with Gasteiger partial charge in [0.25, 0.3) is 11.5 Å². The molecule has 3 aromatic heterocycles. The summed E-state index contributed by atoms with van der Waals surface area (Å²) in [6.07, 6.45) is 1.61. The van der Waals surface area contributed by atoms with Crippen molar-refractivity contribution in [3.05, 3.63) is 101 Å². The lowest BCUT2D eigenvalue weighted by atomic mass is 10.1. The molecular formula is C33H35N9O3. The molecule has 0 atom stereocenters. The zero-order chi connectivity index (χ0) is 31.5. The highest BCUT2D eigenvalue weighted by Crippen LogP contribution is 2.28. The summed E-state index contributed by atoms with van der Waals surface area (Å²) in [5, 5.41) is 12.1. The molecule has 0 spiro atoms. The third-order valence-electron chi connectivity index (χ3n) is 8.11. The number of aliphatic hydroxyl groups is 1. The van der Waals surface area contributed by atoms with Crippen molar-refractivity contribution in [3.63, 3.8) is 0 Å². The number of β-amino-alcohol motifs (C(OH)–C–C–N with tert-alkyl or cyclic N) is 1. The molecule has 6 rings (SSSR count). The zero-order valence-electron chi connectivity index (χ0n) is 25.2. The van der Waals surface area contributed by atoms with Crippen LogP contribution in [0.5, 0.6) is 0 Å². The molecule has 5 aromatic rings. The molecule has 4 N–H and O–H groups in total. The van der Waals surface area contributed by atoms with E-state index in [2.05, 4.69) is 20.1 Å². The average molecular weight is 606 g/mol. The average Bonchev–Trinajstić information content (AvgIpc) is 3.29. The maximum atomic E-state index is 13.3. The molecule has 0 aliphatic carbocycles. The number of rotatable bonds is 8. The van der Waals surface area contributed by atoms with Gasteiger partial charge in [-0.15, -0.1) is 0 Å². The highest BCUT2D eigenvalue weighted by atomic mass is 16.3. The molecule has 4 heterocycles. The Morgan fingerprint density at radius 1 is 0.933 bits per heavy atom. The second-order valence-corrected chi connectivity index (χ2v) is 10.9. The number of hydrogen-bond donors (Lipinski definition) is 3. The third kappa shape index (κ3) is 6.06. The minimum Gasteiger partial charge on any atom is -0.395 e. The highest BCUT2D eigenvalue weighted by molar-refractivity contribution is 6.05. The van der Waals surface area contributed by atoms with Gasteiger partial charge >= 0.3 is 0 Å². The van der Waals surface area contributed by atoms with Crippen LogP contribution >= 0.6 is 0 Å². The Balaban J connectivity index is 1.20. The van der Waals surface area contributed by atoms with Crippen molar-refractivity contribution in [1.82, 2.24) is 29.2 Å². The number of nitrogens with two attached hydrogens (primary N) is 1. The van der Waals surface area contributed by atoms with E-state index in [1.165, 1.54) is 4.68 Å². The summed E-state index contributed by atoms with van der Waals surface area (Å²) in [6, 6.07) is 22.1. The highest BCUT2D eigenvalue weighted by Gasteiger charge is 2.23. The van der Waals surface area contributed by atoms with Crippen LogP contribution in [0.4, 0.5) is 17.3 Å². The van der Waals surface area contributed by atoms with Crippen molar-refractivity contribution in [2.75, 3.05) is 55.3 Å². The third-order valence-corrected chi connectivity index (χ3v) is 8.11. The van der Waals surface area contributed by atoms with Crippen LogP contribution in [0.15, 0.2) is 83.8 Å². The van der Waals surface area contributed by atoms with Gasteiger partial charge in [0, 0.05) is 51.0 Å². The molecule has 2 aromatic carbocycles. The molecular weight excluding hydrogens is 570 g/mol. The molecule has 12 heteroatoms. The molecule has 1 aliphatic heterocycles. The van der Waals surface area contributed by atoms with Gasteiger partial charge in [0.05, 0.1) is 29.9 Å². The van der Waals surface area contributed by atoms with Crippen molar-refractivity contribution in [2.24, 2.45) is 7.05 Å². The van der Waals surface area contributed by atoms with E-state index in [4.69, 9.17) is 15.7 Å². The van der Waals surface area contributed by atoms with Crippen molar-refractivity contribution >= 4 is 23.2 Å². The summed E-state index contributed by atoms with van der Waals surface area (Å²) < 4.78 is 3.15. The zero-order valence-corrected chi connectivity index (χ0v) is 25.2. The Morgan fingerprint density at radius 2 is 1.67 bits per heavy atom. The fourth-order valence-corrected chi connectivity index (χ4v) is 5.55. The van der Waals surface area contributed by atoms with Gasteiger partial charge in [-0.1, -0.05) is 36.4 Å². The lowest BCUT2D eigenvalue weighted by Crippen LogP contribution is -2.47. The van der Waals surface area contributed by atoms with Crippen molar-refractivity contribution in [3.8, 4) is 28.3 Å². The van der Waals surface area contributed by atoms with Gasteiger partial charge in [-0.05, 0) is 43.3 Å². The van der Waals surface area contributed by atoms with E-state index in [0.29, 0.717) is 40.7 Å². The second-order valence-electron chi connectivity index (χ2n) is 10.9. The molecule has 12 nitrogen and oxygen atoms in total. The number of aliphatic hydroxyl groups excluding tert-OH is 1. The Labute approximate surface area is 260 Å². The molecule has 0 unspecified atom stereocenters. The smallest absolute Gasteiger partial charge is 0.284 e. The lowest BCUT2D eigenvalue weighted by Gasteiger charge is -2.35. The number of nitrogen functional groups attached to an aromatic ring is 1. The summed E-state index contributed by atoms with van der Waals surface area (Å²) in [5.41, 5.74) is 10.2. The van der Waals surface area contributed by atoms with Gasteiger partial charge in [-0.3, -0.25) is 19.2 Å². The van der Waals surface area contributed by atoms with Crippen LogP contribution < -0.4 is 21.5 Å². The first kappa shape index (κ1) is 29.7. The Kier molecular flexibility index (Phi) is 8.41. The van der Waals surface area contributed by atoms with Gasteiger partial charge in [-0.2, -0.15) is 0 Å². The maximum Gasteiger partial charge on any atom is 0.284 e. The number of anilines is 3. The molecule has 1 fully saturated rings. The number of carbonyl (C=O) groups is 1. The first-order valence-corrected chi connectivity index (χ1v) is 14.8. The summed E-state index contributed by atoms with van der Waals surface area (Å²) >= 11 is 0. The fraction of sp³-hybridized carbons (Fsp3) is 0.242. The van der Waals surface area contributed by atoms with Crippen molar-refractivity contribution in [2.45, 2.75) is 6.92 Å². The number of nitrogens with one attached hydrogen (secondary N) is 1. The maximum absolute atomic E-state index is 13.3. The first-order valence-electron chi connectivity index (χ1n) is 14.8. The predicted octanol–water partition coefficient (Wildman–Crippen LogP) is 2.95.